The lowest BCUT2D eigenvalue weighted by atomic mass is 10.3. The van der Waals surface area contributed by atoms with E-state index in [4.69, 9.17) is 0 Å². The number of nitrogens with zero attached hydrogens (tertiary/aromatic N) is 3. The third-order valence-electron chi connectivity index (χ3n) is 4.50. The number of amides is 2. The van der Waals surface area contributed by atoms with Crippen LogP contribution >= 0.6 is 35.9 Å². The Kier molecular flexibility index (Phi) is 9.23. The van der Waals surface area contributed by atoms with Crippen LogP contribution in [-0.4, -0.2) is 49.7 Å². The number of ketones is 1. The fourth-order valence-electron chi connectivity index (χ4n) is 2.98. The number of rotatable bonds is 9. The third kappa shape index (κ3) is 5.87. The highest BCUT2D eigenvalue weighted by Gasteiger charge is 2.41. The van der Waals surface area contributed by atoms with Crippen LogP contribution in [0.1, 0.15) is 43.1 Å². The monoisotopic (exact) mass is 507 g/mol. The smallest absolute Gasteiger partial charge is 0.284 e. The normalized spacial score (nSPS) is 15.6. The molecular weight excluding hydrogens is 487 g/mol. The molecule has 3 rings (SSSR count). The summed E-state index contributed by atoms with van der Waals surface area (Å²) in [6.07, 6.45) is 0.569. The third-order valence-corrected chi connectivity index (χ3v) is 6.57. The molecule has 0 saturated carbocycles. The van der Waals surface area contributed by atoms with E-state index in [1.165, 1.54) is 27.1 Å². The number of alkyl halides is 3. The largest absolute Gasteiger partial charge is 0.456 e. The number of imidazole rings is 1. The first-order valence-electron chi connectivity index (χ1n) is 9.68. The highest BCUT2D eigenvalue weighted by molar-refractivity contribution is 8.18. The van der Waals surface area contributed by atoms with Crippen molar-refractivity contribution in [3.8, 4) is 0 Å². The van der Waals surface area contributed by atoms with Crippen LogP contribution in [0.15, 0.2) is 40.4 Å². The van der Waals surface area contributed by atoms with Crippen molar-refractivity contribution < 1.29 is 27.6 Å². The topological polar surface area (TPSA) is 71.8 Å². The molecule has 2 aromatic heterocycles. The lowest BCUT2D eigenvalue weighted by Crippen LogP contribution is -2.29. The van der Waals surface area contributed by atoms with Gasteiger partial charge in [0.2, 0.25) is 0 Å². The Morgan fingerprint density at radius 3 is 2.69 bits per heavy atom. The number of unbranched alkanes of at least 4 members (excludes halogenated alkanes) is 2. The Labute approximate surface area is 197 Å². The fourth-order valence-corrected chi connectivity index (χ4v) is 4.90. The molecule has 174 valence electrons. The van der Waals surface area contributed by atoms with Crippen LogP contribution in [0.5, 0.6) is 0 Å². The van der Waals surface area contributed by atoms with Gasteiger partial charge in [0.15, 0.2) is 0 Å². The molecule has 1 aliphatic heterocycles. The molecule has 0 bridgehead atoms. The molecule has 32 heavy (non-hydrogen) atoms. The minimum absolute atomic E-state index is 0. The second kappa shape index (κ2) is 11.2. The maximum atomic E-state index is 12.9. The van der Waals surface area contributed by atoms with Crippen molar-refractivity contribution in [2.75, 3.05) is 12.3 Å². The number of allylic oxidation sites excluding steroid dienone is 1. The van der Waals surface area contributed by atoms with Crippen molar-refractivity contribution in [1.82, 2.24) is 14.3 Å². The molecule has 0 N–H and O–H groups in total. The molecule has 0 aromatic carbocycles. The lowest BCUT2D eigenvalue weighted by Gasteiger charge is -2.12. The van der Waals surface area contributed by atoms with Gasteiger partial charge in [-0.15, -0.1) is 24.2 Å². The molecule has 1 fully saturated rings. The number of aromatic nitrogens is 2. The van der Waals surface area contributed by atoms with Gasteiger partial charge in [-0.05, 0) is 48.9 Å². The van der Waals surface area contributed by atoms with Crippen molar-refractivity contribution in [2.24, 2.45) is 0 Å². The first-order chi connectivity index (χ1) is 14.7. The Balaban J connectivity index is 0.00000363. The van der Waals surface area contributed by atoms with E-state index in [0.717, 1.165) is 30.8 Å². The Bertz CT molecular complexity index is 1040. The fraction of sp³-hybridized carbons (Fsp3) is 0.400. The van der Waals surface area contributed by atoms with Crippen LogP contribution in [0.2, 0.25) is 0 Å². The number of pyridine rings is 1. The van der Waals surface area contributed by atoms with E-state index in [2.05, 4.69) is 4.98 Å². The van der Waals surface area contributed by atoms with Crippen molar-refractivity contribution >= 4 is 58.5 Å². The first-order valence-corrected chi connectivity index (χ1v) is 11.5. The van der Waals surface area contributed by atoms with Crippen molar-refractivity contribution in [1.29, 1.82) is 0 Å². The van der Waals surface area contributed by atoms with Crippen LogP contribution in [-0.2, 0) is 4.79 Å². The van der Waals surface area contributed by atoms with Crippen molar-refractivity contribution in [3.05, 3.63) is 41.1 Å². The highest BCUT2D eigenvalue weighted by Crippen LogP contribution is 2.31. The maximum Gasteiger partial charge on any atom is 0.456 e. The van der Waals surface area contributed by atoms with Crippen LogP contribution in [0.3, 0.4) is 0 Å². The summed E-state index contributed by atoms with van der Waals surface area (Å²) in [6.45, 7) is 2.28. The van der Waals surface area contributed by atoms with E-state index in [-0.39, 0.29) is 29.2 Å². The zero-order chi connectivity index (χ0) is 22.6. The summed E-state index contributed by atoms with van der Waals surface area (Å²) in [4.78, 5) is 41.6. The van der Waals surface area contributed by atoms with Gasteiger partial charge >= 0.3 is 6.18 Å². The summed E-state index contributed by atoms with van der Waals surface area (Å²) in [5, 5.41) is 0.190. The first kappa shape index (κ1) is 26.3. The molecule has 0 atom stereocenters. The average molecular weight is 508 g/mol. The van der Waals surface area contributed by atoms with E-state index >= 15 is 0 Å². The standard InChI is InChI=1S/C20H20F3N3O3S2.ClH/c1-2-3-7-14-18(28)25(19(29)31-14)10-4-5-11-30-16-9-6-8-15-24-12-13(26(15)16)17(27)20(21,22)23;/h6-9,12H,2-5,10-11H2,1H3;1H. The van der Waals surface area contributed by atoms with Crippen molar-refractivity contribution in [2.45, 2.75) is 43.8 Å². The summed E-state index contributed by atoms with van der Waals surface area (Å²) in [5.41, 5.74) is -0.267. The van der Waals surface area contributed by atoms with Gasteiger partial charge < -0.3 is 0 Å². The number of hydrogen-bond donors (Lipinski definition) is 0. The quantitative estimate of drug-likeness (QED) is 0.186. The summed E-state index contributed by atoms with van der Waals surface area (Å²) < 4.78 is 39.8. The Hall–Kier alpha value is -1.98. The predicted octanol–water partition coefficient (Wildman–Crippen LogP) is 5.75. The number of thioether (sulfide) groups is 2. The number of imide groups is 1. The number of carbonyl (C=O) groups is 3. The van der Waals surface area contributed by atoms with Gasteiger partial charge in [0.25, 0.3) is 16.9 Å². The van der Waals surface area contributed by atoms with Gasteiger partial charge in [0.1, 0.15) is 11.3 Å². The van der Waals surface area contributed by atoms with Gasteiger partial charge in [0, 0.05) is 6.54 Å². The van der Waals surface area contributed by atoms with Crippen LogP contribution in [0.4, 0.5) is 18.0 Å². The SMILES string of the molecule is CCCC=C1SC(=O)N(CCCCSc2cccc3ncc(C(=O)C(F)(F)F)n23)C1=O.Cl. The van der Waals surface area contributed by atoms with Gasteiger partial charge in [-0.2, -0.15) is 13.2 Å². The average Bonchev–Trinajstić information content (AvgIpc) is 3.27. The number of hydrogen-bond acceptors (Lipinski definition) is 6. The molecule has 0 spiro atoms. The van der Waals surface area contributed by atoms with Crippen LogP contribution < -0.4 is 0 Å². The van der Waals surface area contributed by atoms with Gasteiger partial charge in [-0.25, -0.2) is 4.98 Å². The molecule has 0 unspecified atom stereocenters. The van der Waals surface area contributed by atoms with Gasteiger partial charge in [-0.1, -0.05) is 25.5 Å². The summed E-state index contributed by atoms with van der Waals surface area (Å²) in [6, 6.07) is 4.82. The lowest BCUT2D eigenvalue weighted by molar-refractivity contribution is -0.122. The summed E-state index contributed by atoms with van der Waals surface area (Å²) in [5.74, 6) is -1.67. The summed E-state index contributed by atoms with van der Waals surface area (Å²) in [7, 11) is 0. The minimum Gasteiger partial charge on any atom is -0.284 e. The minimum atomic E-state index is -4.98. The number of Topliss-reactive ketones (excluding diaryl/α,β-unsaturated/α-hetero) is 1. The predicted molar refractivity (Wildman–Crippen MR) is 120 cm³/mol. The Morgan fingerprint density at radius 1 is 1.25 bits per heavy atom. The van der Waals surface area contributed by atoms with Crippen molar-refractivity contribution in [3.63, 3.8) is 0 Å². The van der Waals surface area contributed by atoms with E-state index in [1.54, 1.807) is 18.2 Å². The number of carbonyl (C=O) groups excluding carboxylic acids is 3. The Morgan fingerprint density at radius 2 is 2.00 bits per heavy atom. The van der Waals surface area contributed by atoms with Crippen LogP contribution in [0.25, 0.3) is 5.65 Å². The molecule has 2 aromatic rings. The van der Waals surface area contributed by atoms with Gasteiger partial charge in [0.05, 0.1) is 16.1 Å². The highest BCUT2D eigenvalue weighted by atomic mass is 35.5. The molecule has 3 heterocycles. The van der Waals surface area contributed by atoms with E-state index < -0.39 is 17.7 Å². The molecule has 12 heteroatoms. The second-order valence-corrected chi connectivity index (χ2v) is 8.87. The second-order valence-electron chi connectivity index (χ2n) is 6.77. The molecule has 1 aliphatic rings. The number of halogens is 4. The van der Waals surface area contributed by atoms with Gasteiger partial charge in [-0.3, -0.25) is 23.7 Å². The molecule has 0 aliphatic carbocycles. The number of fused-ring (bicyclic) bond motifs is 1. The summed E-state index contributed by atoms with van der Waals surface area (Å²) >= 11 is 2.24. The molecule has 1 saturated heterocycles. The van der Waals surface area contributed by atoms with E-state index in [9.17, 15) is 27.6 Å². The molecule has 0 radical (unpaired) electrons. The molecule has 6 nitrogen and oxygen atoms in total. The molecule has 2 amide bonds. The molecular formula is C20H21ClF3N3O3S2. The van der Waals surface area contributed by atoms with Crippen LogP contribution in [0, 0.1) is 0 Å². The maximum absolute atomic E-state index is 12.9. The van der Waals surface area contributed by atoms with E-state index in [0.29, 0.717) is 35.1 Å². The zero-order valence-corrected chi connectivity index (χ0v) is 19.5. The zero-order valence-electron chi connectivity index (χ0n) is 17.1. The van der Waals surface area contributed by atoms with E-state index in [1.807, 2.05) is 6.92 Å².